The van der Waals surface area contributed by atoms with Crippen molar-refractivity contribution in [3.05, 3.63) is 41.9 Å². The third-order valence-corrected chi connectivity index (χ3v) is 5.82. The van der Waals surface area contributed by atoms with Crippen molar-refractivity contribution in [2.45, 2.75) is 18.6 Å². The predicted molar refractivity (Wildman–Crippen MR) is 117 cm³/mol. The molecule has 2 amide bonds. The van der Waals surface area contributed by atoms with Gasteiger partial charge in [-0.25, -0.2) is 4.79 Å². The van der Waals surface area contributed by atoms with Crippen LogP contribution >= 0.6 is 23.4 Å². The zero-order valence-electron chi connectivity index (χ0n) is 16.8. The molecule has 0 N–H and O–H groups in total. The second-order valence-electron chi connectivity index (χ2n) is 6.57. The number of allylic oxidation sites excluding steroid dienone is 1. The minimum Gasteiger partial charge on any atom is -0.450 e. The normalized spacial score (nSPS) is 13.9. The lowest BCUT2D eigenvalue weighted by molar-refractivity contribution is -0.129. The minimum atomic E-state index is -0.328. The summed E-state index contributed by atoms with van der Waals surface area (Å²) < 4.78 is 6.93. The van der Waals surface area contributed by atoms with E-state index in [0.29, 0.717) is 55.3 Å². The van der Waals surface area contributed by atoms with Crippen LogP contribution in [0.5, 0.6) is 0 Å². The van der Waals surface area contributed by atoms with Gasteiger partial charge >= 0.3 is 6.09 Å². The highest BCUT2D eigenvalue weighted by atomic mass is 35.5. The summed E-state index contributed by atoms with van der Waals surface area (Å²) >= 11 is 7.31. The van der Waals surface area contributed by atoms with Crippen LogP contribution in [0.4, 0.5) is 4.79 Å². The second-order valence-corrected chi connectivity index (χ2v) is 7.95. The number of amides is 2. The predicted octanol–water partition coefficient (Wildman–Crippen LogP) is 3.18. The number of carbonyl (C=O) groups is 2. The number of hydrogen-bond acceptors (Lipinski definition) is 6. The Morgan fingerprint density at radius 3 is 2.47 bits per heavy atom. The molecule has 10 heteroatoms. The summed E-state index contributed by atoms with van der Waals surface area (Å²) in [7, 11) is 0. The van der Waals surface area contributed by atoms with E-state index in [1.807, 2.05) is 16.7 Å². The standard InChI is InChI=1S/C20H24ClN5O3S/c1-3-9-26-18(15-5-7-16(21)8-6-15)22-23-19(26)30-14-17(27)24-10-12-25(13-11-24)20(28)29-4-2/h3,5-8H,1,4,9-14H2,2H3. The summed E-state index contributed by atoms with van der Waals surface area (Å²) in [6.07, 6.45) is 1.44. The Morgan fingerprint density at radius 1 is 1.17 bits per heavy atom. The number of benzene rings is 1. The molecule has 0 aliphatic carbocycles. The Hall–Kier alpha value is -2.52. The number of aromatic nitrogens is 3. The van der Waals surface area contributed by atoms with Crippen LogP contribution in [-0.4, -0.2) is 75.1 Å². The summed E-state index contributed by atoms with van der Waals surface area (Å²) in [5.74, 6) is 0.948. The van der Waals surface area contributed by atoms with Crippen LogP contribution in [0, 0.1) is 0 Å². The van der Waals surface area contributed by atoms with Gasteiger partial charge in [-0.15, -0.1) is 16.8 Å². The van der Waals surface area contributed by atoms with E-state index in [1.165, 1.54) is 11.8 Å². The number of halogens is 1. The third kappa shape index (κ3) is 5.34. The lowest BCUT2D eigenvalue weighted by atomic mass is 10.2. The highest BCUT2D eigenvalue weighted by Crippen LogP contribution is 2.25. The summed E-state index contributed by atoms with van der Waals surface area (Å²) in [5.41, 5.74) is 0.891. The fourth-order valence-corrected chi connectivity index (χ4v) is 4.05. The van der Waals surface area contributed by atoms with E-state index in [0.717, 1.165) is 5.56 Å². The van der Waals surface area contributed by atoms with Crippen LogP contribution in [0.15, 0.2) is 42.1 Å². The molecule has 1 fully saturated rings. The molecule has 3 rings (SSSR count). The number of nitrogens with zero attached hydrogens (tertiary/aromatic N) is 5. The van der Waals surface area contributed by atoms with Crippen molar-refractivity contribution in [3.63, 3.8) is 0 Å². The van der Waals surface area contributed by atoms with Crippen LogP contribution < -0.4 is 0 Å². The van der Waals surface area contributed by atoms with E-state index in [9.17, 15) is 9.59 Å². The van der Waals surface area contributed by atoms with Gasteiger partial charge in [0.1, 0.15) is 0 Å². The van der Waals surface area contributed by atoms with Gasteiger partial charge in [0.2, 0.25) is 5.91 Å². The van der Waals surface area contributed by atoms with Crippen molar-refractivity contribution in [3.8, 4) is 11.4 Å². The monoisotopic (exact) mass is 449 g/mol. The molecule has 2 heterocycles. The quantitative estimate of drug-likeness (QED) is 0.477. The van der Waals surface area contributed by atoms with Crippen molar-refractivity contribution in [2.75, 3.05) is 38.5 Å². The Bertz CT molecular complexity index is 894. The molecular weight excluding hydrogens is 426 g/mol. The Kier molecular flexibility index (Phi) is 7.75. The molecule has 1 aliphatic heterocycles. The zero-order chi connectivity index (χ0) is 21.5. The highest BCUT2D eigenvalue weighted by Gasteiger charge is 2.25. The van der Waals surface area contributed by atoms with E-state index in [1.54, 1.807) is 34.9 Å². The van der Waals surface area contributed by atoms with Crippen molar-refractivity contribution >= 4 is 35.4 Å². The SMILES string of the molecule is C=CCn1c(SCC(=O)N2CCN(C(=O)OCC)CC2)nnc1-c1ccc(Cl)cc1. The van der Waals surface area contributed by atoms with Crippen molar-refractivity contribution in [1.82, 2.24) is 24.6 Å². The lowest BCUT2D eigenvalue weighted by Gasteiger charge is -2.34. The van der Waals surface area contributed by atoms with Gasteiger partial charge in [-0.05, 0) is 31.2 Å². The van der Waals surface area contributed by atoms with Gasteiger partial charge in [0, 0.05) is 43.3 Å². The van der Waals surface area contributed by atoms with Gasteiger partial charge in [0.15, 0.2) is 11.0 Å². The highest BCUT2D eigenvalue weighted by molar-refractivity contribution is 7.99. The molecule has 1 aliphatic rings. The molecule has 0 saturated carbocycles. The van der Waals surface area contributed by atoms with Crippen LogP contribution in [-0.2, 0) is 16.1 Å². The number of hydrogen-bond donors (Lipinski definition) is 0. The first-order valence-electron chi connectivity index (χ1n) is 9.65. The van der Waals surface area contributed by atoms with E-state index in [4.69, 9.17) is 16.3 Å². The van der Waals surface area contributed by atoms with E-state index < -0.39 is 0 Å². The number of ether oxygens (including phenoxy) is 1. The largest absolute Gasteiger partial charge is 0.450 e. The topological polar surface area (TPSA) is 80.6 Å². The first-order chi connectivity index (χ1) is 14.5. The maximum Gasteiger partial charge on any atom is 0.409 e. The van der Waals surface area contributed by atoms with Gasteiger partial charge in [-0.3, -0.25) is 9.36 Å². The van der Waals surface area contributed by atoms with E-state index in [-0.39, 0.29) is 17.8 Å². The molecule has 0 spiro atoms. The zero-order valence-corrected chi connectivity index (χ0v) is 18.4. The lowest BCUT2D eigenvalue weighted by Crippen LogP contribution is -2.51. The Morgan fingerprint density at radius 2 is 1.83 bits per heavy atom. The summed E-state index contributed by atoms with van der Waals surface area (Å²) in [6, 6.07) is 7.37. The molecule has 2 aromatic rings. The molecule has 1 saturated heterocycles. The number of piperazine rings is 1. The van der Waals surface area contributed by atoms with Crippen LogP contribution in [0.3, 0.4) is 0 Å². The van der Waals surface area contributed by atoms with Crippen molar-refractivity contribution < 1.29 is 14.3 Å². The van der Waals surface area contributed by atoms with Crippen LogP contribution in [0.2, 0.25) is 5.02 Å². The fourth-order valence-electron chi connectivity index (χ4n) is 3.07. The number of carbonyl (C=O) groups excluding carboxylic acids is 2. The maximum absolute atomic E-state index is 12.6. The average Bonchev–Trinajstić information content (AvgIpc) is 3.15. The molecule has 1 aromatic heterocycles. The van der Waals surface area contributed by atoms with Crippen LogP contribution in [0.25, 0.3) is 11.4 Å². The smallest absolute Gasteiger partial charge is 0.409 e. The fraction of sp³-hybridized carbons (Fsp3) is 0.400. The van der Waals surface area contributed by atoms with Crippen molar-refractivity contribution in [1.29, 1.82) is 0 Å². The molecular formula is C20H24ClN5O3S. The second kappa shape index (κ2) is 10.5. The van der Waals surface area contributed by atoms with Crippen molar-refractivity contribution in [2.24, 2.45) is 0 Å². The third-order valence-electron chi connectivity index (χ3n) is 4.61. The number of rotatable bonds is 7. The summed E-state index contributed by atoms with van der Waals surface area (Å²) in [6.45, 7) is 8.39. The van der Waals surface area contributed by atoms with Gasteiger partial charge in [-0.2, -0.15) is 0 Å². The first kappa shape index (κ1) is 22.2. The van der Waals surface area contributed by atoms with E-state index >= 15 is 0 Å². The molecule has 0 radical (unpaired) electrons. The molecule has 0 unspecified atom stereocenters. The molecule has 0 bridgehead atoms. The molecule has 30 heavy (non-hydrogen) atoms. The van der Waals surface area contributed by atoms with E-state index in [2.05, 4.69) is 16.8 Å². The van der Waals surface area contributed by atoms with Crippen LogP contribution in [0.1, 0.15) is 6.92 Å². The maximum atomic E-state index is 12.6. The molecule has 1 aromatic carbocycles. The summed E-state index contributed by atoms with van der Waals surface area (Å²) in [5, 5.41) is 9.85. The Balaban J connectivity index is 1.60. The number of thioether (sulfide) groups is 1. The minimum absolute atomic E-state index is 0.00436. The molecule has 8 nitrogen and oxygen atoms in total. The first-order valence-corrected chi connectivity index (χ1v) is 11.0. The van der Waals surface area contributed by atoms with Gasteiger partial charge in [-0.1, -0.05) is 29.4 Å². The molecule has 160 valence electrons. The Labute approximate surface area is 184 Å². The average molecular weight is 450 g/mol. The molecule has 0 atom stereocenters. The summed E-state index contributed by atoms with van der Waals surface area (Å²) in [4.78, 5) is 27.8. The van der Waals surface area contributed by atoms with Gasteiger partial charge < -0.3 is 14.5 Å². The van der Waals surface area contributed by atoms with Gasteiger partial charge in [0.05, 0.1) is 12.4 Å². The van der Waals surface area contributed by atoms with Gasteiger partial charge in [0.25, 0.3) is 0 Å².